The van der Waals surface area contributed by atoms with Crippen molar-refractivity contribution in [2.24, 2.45) is 0 Å². The van der Waals surface area contributed by atoms with Crippen LogP contribution in [-0.4, -0.2) is 57.1 Å². The van der Waals surface area contributed by atoms with Crippen LogP contribution in [0.1, 0.15) is 18.4 Å². The fourth-order valence-electron chi connectivity index (χ4n) is 2.50. The molecule has 0 aromatic heterocycles. The van der Waals surface area contributed by atoms with Gasteiger partial charge in [0.2, 0.25) is 0 Å². The zero-order valence-corrected chi connectivity index (χ0v) is 14.8. The molecule has 1 saturated carbocycles. The number of benzene rings is 1. The van der Waals surface area contributed by atoms with Gasteiger partial charge in [-0.3, -0.25) is 0 Å². The van der Waals surface area contributed by atoms with Crippen molar-refractivity contribution < 1.29 is 23.0 Å². The van der Waals surface area contributed by atoms with E-state index in [2.05, 4.69) is 6.07 Å². The summed E-state index contributed by atoms with van der Waals surface area (Å²) in [7, 11) is 0. The van der Waals surface area contributed by atoms with Crippen LogP contribution in [0, 0.1) is 6.92 Å². The molecule has 1 saturated heterocycles. The van der Waals surface area contributed by atoms with Crippen LogP contribution >= 0.6 is 0 Å². The predicted molar refractivity (Wildman–Crippen MR) is 75.7 cm³/mol. The summed E-state index contributed by atoms with van der Waals surface area (Å²) in [5.74, 6) is -1.84. The Bertz CT molecular complexity index is 496. The third kappa shape index (κ3) is 4.07. The van der Waals surface area contributed by atoms with Gasteiger partial charge in [-0.05, 0) is 0 Å². The van der Waals surface area contributed by atoms with Gasteiger partial charge in [-0.25, -0.2) is 0 Å². The predicted octanol–water partition coefficient (Wildman–Crippen LogP) is 1.87. The van der Waals surface area contributed by atoms with Crippen LogP contribution in [0.4, 0.5) is 8.78 Å². The normalized spacial score (nSPS) is 25.4. The maximum absolute atomic E-state index is 12.8. The molecule has 1 unspecified atom stereocenters. The summed E-state index contributed by atoms with van der Waals surface area (Å²) in [4.78, 5) is 0. The first kappa shape index (κ1) is 15.5. The molecule has 0 N–H and O–H groups in total. The first-order valence-electron chi connectivity index (χ1n) is 7.13. The fourth-order valence-corrected chi connectivity index (χ4v) is 6.00. The molecule has 114 valence electrons. The number of hydrogen-bond acceptors (Lipinski definition) is 3. The Labute approximate surface area is 133 Å². The van der Waals surface area contributed by atoms with Gasteiger partial charge in [0.1, 0.15) is 0 Å². The molecule has 0 bridgehead atoms. The van der Waals surface area contributed by atoms with Crippen molar-refractivity contribution in [1.29, 1.82) is 0 Å². The zero-order chi connectivity index (χ0) is 14.9. The van der Waals surface area contributed by atoms with E-state index in [1.54, 1.807) is 0 Å². The Hall–Kier alpha value is -0.401. The van der Waals surface area contributed by atoms with Gasteiger partial charge in [0.05, 0.1) is 0 Å². The van der Waals surface area contributed by atoms with E-state index in [1.807, 2.05) is 19.1 Å². The summed E-state index contributed by atoms with van der Waals surface area (Å²) in [6, 6.07) is 5.91. The first-order chi connectivity index (χ1) is 10.0. The molecule has 6 heteroatoms. The van der Waals surface area contributed by atoms with E-state index < -0.39 is 27.1 Å². The third-order valence-corrected chi connectivity index (χ3v) is 8.04. The van der Waals surface area contributed by atoms with Gasteiger partial charge < -0.3 is 0 Å². The molecule has 2 radical (unpaired) electrons. The Morgan fingerprint density at radius 1 is 1.29 bits per heavy atom. The summed E-state index contributed by atoms with van der Waals surface area (Å²) in [6.07, 6.45) is -0.685. The molecule has 1 heterocycles. The first-order valence-corrected chi connectivity index (χ1v) is 10.2. The molecule has 0 amide bonds. The monoisotopic (exact) mass is 404 g/mol. The SMILES string of the molecule is Cc1cc(OC2CC(F)(F)C2)cc[c]1[Sn][CH]1COCCO1. The van der Waals surface area contributed by atoms with Crippen molar-refractivity contribution in [1.82, 2.24) is 0 Å². The minimum atomic E-state index is -2.54. The quantitative estimate of drug-likeness (QED) is 0.719. The van der Waals surface area contributed by atoms with E-state index in [0.29, 0.717) is 25.6 Å². The van der Waals surface area contributed by atoms with Crippen molar-refractivity contribution in [3.63, 3.8) is 0 Å². The molecule has 1 aromatic carbocycles. The van der Waals surface area contributed by atoms with Crippen LogP contribution in [-0.2, 0) is 9.47 Å². The molecule has 3 nitrogen and oxygen atoms in total. The van der Waals surface area contributed by atoms with Gasteiger partial charge in [0, 0.05) is 0 Å². The molecule has 1 aliphatic heterocycles. The average Bonchev–Trinajstić information content (AvgIpc) is 2.41. The van der Waals surface area contributed by atoms with Gasteiger partial charge >= 0.3 is 133 Å². The Morgan fingerprint density at radius 2 is 2.10 bits per heavy atom. The molecular formula is C15H18F2O3Sn. The van der Waals surface area contributed by atoms with E-state index in [1.165, 1.54) is 9.14 Å². The zero-order valence-electron chi connectivity index (χ0n) is 11.9. The van der Waals surface area contributed by atoms with Crippen molar-refractivity contribution >= 4 is 24.7 Å². The van der Waals surface area contributed by atoms with Crippen molar-refractivity contribution in [3.8, 4) is 5.75 Å². The average molecular weight is 403 g/mol. The third-order valence-electron chi connectivity index (χ3n) is 3.69. The molecule has 1 aliphatic carbocycles. The van der Waals surface area contributed by atoms with Gasteiger partial charge in [0.15, 0.2) is 0 Å². The standard InChI is InChI=1S/C11H11F2O.C4H7O2.Sn/c1-8-3-2-4-9(5-8)14-10-6-11(12,13)7-10;1-2-6-4-3-5-1;/h2,4-5,10H,6-7H2,1H3;1H,2-4H2;. The van der Waals surface area contributed by atoms with Crippen molar-refractivity contribution in [2.75, 3.05) is 19.8 Å². The topological polar surface area (TPSA) is 27.7 Å². The number of alkyl halides is 2. The van der Waals surface area contributed by atoms with E-state index in [9.17, 15) is 8.78 Å². The molecule has 3 rings (SSSR count). The number of rotatable bonds is 4. The molecule has 2 aliphatic rings. The summed E-state index contributed by atoms with van der Waals surface area (Å²) >= 11 is -0.866. The summed E-state index contributed by atoms with van der Waals surface area (Å²) in [5.41, 5.74) is 1.17. The summed E-state index contributed by atoms with van der Waals surface area (Å²) < 4.78 is 43.9. The van der Waals surface area contributed by atoms with E-state index in [4.69, 9.17) is 14.2 Å². The number of hydrogen-bond donors (Lipinski definition) is 0. The van der Waals surface area contributed by atoms with Gasteiger partial charge in [-0.15, -0.1) is 0 Å². The number of aryl methyl sites for hydroxylation is 1. The van der Waals surface area contributed by atoms with Crippen LogP contribution in [0.5, 0.6) is 5.75 Å². The van der Waals surface area contributed by atoms with Gasteiger partial charge in [0.25, 0.3) is 0 Å². The van der Waals surface area contributed by atoms with E-state index in [0.717, 1.165) is 0 Å². The number of halogens is 2. The van der Waals surface area contributed by atoms with E-state index in [-0.39, 0.29) is 23.1 Å². The Balaban J connectivity index is 1.57. The second kappa shape index (κ2) is 6.38. The second-order valence-corrected chi connectivity index (χ2v) is 9.76. The van der Waals surface area contributed by atoms with Crippen LogP contribution in [0.2, 0.25) is 0 Å². The van der Waals surface area contributed by atoms with Gasteiger partial charge in [-0.1, -0.05) is 0 Å². The number of ether oxygens (including phenoxy) is 3. The van der Waals surface area contributed by atoms with Crippen LogP contribution in [0.3, 0.4) is 0 Å². The van der Waals surface area contributed by atoms with Crippen LogP contribution in [0.25, 0.3) is 0 Å². The Kier molecular flexibility index (Phi) is 4.71. The van der Waals surface area contributed by atoms with Crippen LogP contribution in [0.15, 0.2) is 18.2 Å². The van der Waals surface area contributed by atoms with Crippen LogP contribution < -0.4 is 8.32 Å². The maximum atomic E-state index is 12.8. The van der Waals surface area contributed by atoms with E-state index >= 15 is 0 Å². The van der Waals surface area contributed by atoms with Crippen molar-refractivity contribution in [3.05, 3.63) is 23.8 Å². The van der Waals surface area contributed by atoms with Gasteiger partial charge in [-0.2, -0.15) is 0 Å². The Morgan fingerprint density at radius 3 is 2.71 bits per heavy atom. The summed E-state index contributed by atoms with van der Waals surface area (Å²) in [6.45, 7) is 4.11. The molecular weight excluding hydrogens is 385 g/mol. The molecule has 1 aromatic rings. The minimum absolute atomic E-state index is 0.169. The molecule has 0 spiro atoms. The summed E-state index contributed by atoms with van der Waals surface area (Å²) in [5, 5.41) is 0. The fraction of sp³-hybridized carbons (Fsp3) is 0.600. The second-order valence-electron chi connectivity index (χ2n) is 5.56. The van der Waals surface area contributed by atoms with Crippen molar-refractivity contribution in [2.45, 2.75) is 35.9 Å². The molecule has 21 heavy (non-hydrogen) atoms. The molecule has 1 atom stereocenters. The molecule has 2 fully saturated rings.